The second-order valence-corrected chi connectivity index (χ2v) is 3.88. The van der Waals surface area contributed by atoms with Gasteiger partial charge in [-0.2, -0.15) is 10.1 Å². The summed E-state index contributed by atoms with van der Waals surface area (Å²) in [6.07, 6.45) is 1.61. The van der Waals surface area contributed by atoms with E-state index in [0.717, 1.165) is 0 Å². The molecule has 0 aliphatic rings. The molecule has 2 rings (SSSR count). The summed E-state index contributed by atoms with van der Waals surface area (Å²) in [5.74, 6) is -0.0346. The van der Waals surface area contributed by atoms with Crippen molar-refractivity contribution in [3.05, 3.63) is 27.1 Å². The topological polar surface area (TPSA) is 83.8 Å². The maximum atomic E-state index is 11.4. The molecule has 0 saturated heterocycles. The van der Waals surface area contributed by atoms with Crippen molar-refractivity contribution in [2.45, 2.75) is 13.5 Å². The Bertz CT molecular complexity index is 575. The minimum Gasteiger partial charge on any atom is -0.492 e. The molecule has 0 amide bonds. The molecule has 0 fully saturated rings. The van der Waals surface area contributed by atoms with E-state index in [1.54, 1.807) is 16.9 Å². The smallest absolute Gasteiger partial charge is 0.269 e. The molecule has 0 spiro atoms. The summed E-state index contributed by atoms with van der Waals surface area (Å²) in [5, 5.41) is 13.5. The molecule has 6 nitrogen and oxygen atoms in total. The number of aromatic amines is 1. The van der Waals surface area contributed by atoms with Gasteiger partial charge in [-0.1, -0.05) is 0 Å². The summed E-state index contributed by atoms with van der Waals surface area (Å²) in [4.78, 5) is 17.9. The molecule has 0 aliphatic heterocycles. The molecule has 0 unspecified atom stereocenters. The lowest BCUT2D eigenvalue weighted by atomic mass is 10.4. The van der Waals surface area contributed by atoms with Crippen molar-refractivity contribution >= 4 is 15.9 Å². The van der Waals surface area contributed by atoms with Gasteiger partial charge in [0.15, 0.2) is 5.82 Å². The number of hydrogen-bond donors (Lipinski definition) is 2. The lowest BCUT2D eigenvalue weighted by Crippen LogP contribution is -2.11. The van der Waals surface area contributed by atoms with Crippen molar-refractivity contribution in [3.63, 3.8) is 0 Å². The van der Waals surface area contributed by atoms with E-state index in [9.17, 15) is 9.90 Å². The van der Waals surface area contributed by atoms with Crippen LogP contribution < -0.4 is 5.56 Å². The fraction of sp³-hybridized carbons (Fsp3) is 0.222. The van der Waals surface area contributed by atoms with Crippen molar-refractivity contribution in [2.24, 2.45) is 0 Å². The lowest BCUT2D eigenvalue weighted by Gasteiger charge is -2.04. The number of nitrogens with zero attached hydrogens (tertiary/aromatic N) is 3. The van der Waals surface area contributed by atoms with Crippen molar-refractivity contribution in [1.29, 1.82) is 0 Å². The molecule has 0 aromatic carbocycles. The fourth-order valence-corrected chi connectivity index (χ4v) is 1.54. The number of nitrogens with one attached hydrogen (secondary N) is 1. The largest absolute Gasteiger partial charge is 0.492 e. The molecule has 0 radical (unpaired) electrons. The summed E-state index contributed by atoms with van der Waals surface area (Å²) in [7, 11) is 0. The normalized spacial score (nSPS) is 10.6. The number of aromatic nitrogens is 4. The van der Waals surface area contributed by atoms with Gasteiger partial charge in [-0.25, -0.2) is 0 Å². The van der Waals surface area contributed by atoms with E-state index in [1.807, 2.05) is 6.92 Å². The third-order valence-electron chi connectivity index (χ3n) is 2.10. The van der Waals surface area contributed by atoms with Crippen LogP contribution in [-0.4, -0.2) is 24.9 Å². The second kappa shape index (κ2) is 4.09. The maximum absolute atomic E-state index is 11.4. The summed E-state index contributed by atoms with van der Waals surface area (Å²) in [5.41, 5.74) is 0.230. The van der Waals surface area contributed by atoms with Gasteiger partial charge in [0.25, 0.3) is 5.56 Å². The van der Waals surface area contributed by atoms with Crippen LogP contribution in [0.4, 0.5) is 0 Å². The lowest BCUT2D eigenvalue weighted by molar-refractivity contribution is 0.447. The Morgan fingerprint density at radius 3 is 3.00 bits per heavy atom. The van der Waals surface area contributed by atoms with Crippen molar-refractivity contribution in [3.8, 4) is 17.4 Å². The fourth-order valence-electron chi connectivity index (χ4n) is 1.35. The average molecular weight is 285 g/mol. The Morgan fingerprint density at radius 2 is 2.38 bits per heavy atom. The molecule has 16 heavy (non-hydrogen) atoms. The number of aromatic hydroxyl groups is 1. The number of halogens is 1. The first-order chi connectivity index (χ1) is 7.63. The molecule has 2 N–H and O–H groups in total. The molecule has 2 aromatic heterocycles. The van der Waals surface area contributed by atoms with E-state index in [1.165, 1.54) is 0 Å². The van der Waals surface area contributed by atoms with Crippen molar-refractivity contribution in [1.82, 2.24) is 19.7 Å². The zero-order valence-electron chi connectivity index (χ0n) is 8.44. The predicted octanol–water partition coefficient (Wildman–Crippen LogP) is 1.12. The summed E-state index contributed by atoms with van der Waals surface area (Å²) in [6, 6.07) is 1.72. The molecular formula is C9H9BrN4O2. The molecule has 0 bridgehead atoms. The quantitative estimate of drug-likeness (QED) is 0.866. The van der Waals surface area contributed by atoms with Gasteiger partial charge in [-0.3, -0.25) is 9.48 Å². The molecule has 0 saturated carbocycles. The van der Waals surface area contributed by atoms with E-state index < -0.39 is 5.56 Å². The van der Waals surface area contributed by atoms with Gasteiger partial charge >= 0.3 is 0 Å². The van der Waals surface area contributed by atoms with Crippen LogP contribution in [0.1, 0.15) is 6.92 Å². The van der Waals surface area contributed by atoms with E-state index >= 15 is 0 Å². The van der Waals surface area contributed by atoms with Crippen molar-refractivity contribution in [2.75, 3.05) is 0 Å². The van der Waals surface area contributed by atoms with Crippen LogP contribution in [0.25, 0.3) is 11.5 Å². The predicted molar refractivity (Wildman–Crippen MR) is 61.1 cm³/mol. The van der Waals surface area contributed by atoms with Crippen LogP contribution in [0.2, 0.25) is 0 Å². The highest BCUT2D eigenvalue weighted by molar-refractivity contribution is 9.10. The van der Waals surface area contributed by atoms with Crippen LogP contribution in [-0.2, 0) is 6.54 Å². The van der Waals surface area contributed by atoms with Crippen molar-refractivity contribution < 1.29 is 5.11 Å². The molecule has 2 aromatic rings. The SMILES string of the molecule is CCn1nccc1-c1nc(O)c(Br)c(=O)[nH]1. The third-order valence-corrected chi connectivity index (χ3v) is 2.82. The Hall–Kier alpha value is -1.63. The Balaban J connectivity index is 2.61. The number of rotatable bonds is 2. The minimum atomic E-state index is -0.425. The van der Waals surface area contributed by atoms with Crippen LogP contribution in [0.15, 0.2) is 21.5 Å². The molecule has 2 heterocycles. The van der Waals surface area contributed by atoms with Gasteiger partial charge in [0.1, 0.15) is 10.2 Å². The van der Waals surface area contributed by atoms with Gasteiger partial charge in [0, 0.05) is 12.7 Å². The molecule has 84 valence electrons. The first-order valence-corrected chi connectivity index (χ1v) is 5.43. The average Bonchev–Trinajstić information content (AvgIpc) is 2.73. The zero-order valence-corrected chi connectivity index (χ0v) is 10.0. The Kier molecular flexibility index (Phi) is 2.78. The number of H-pyrrole nitrogens is 1. The van der Waals surface area contributed by atoms with Gasteiger partial charge in [-0.15, -0.1) is 0 Å². The van der Waals surface area contributed by atoms with E-state index in [4.69, 9.17) is 0 Å². The summed E-state index contributed by atoms with van der Waals surface area (Å²) in [6.45, 7) is 2.58. The zero-order chi connectivity index (χ0) is 11.7. The molecule has 7 heteroatoms. The van der Waals surface area contributed by atoms with Gasteiger partial charge in [0.2, 0.25) is 5.88 Å². The van der Waals surface area contributed by atoms with Crippen LogP contribution in [0.5, 0.6) is 5.88 Å². The maximum Gasteiger partial charge on any atom is 0.269 e. The Morgan fingerprint density at radius 1 is 1.62 bits per heavy atom. The standard InChI is InChI=1S/C9H9BrN4O2/c1-2-14-5(3-4-11-14)7-12-8(15)6(10)9(16)13-7/h3-4H,2H2,1H3,(H2,12,13,15,16). The second-order valence-electron chi connectivity index (χ2n) is 3.08. The Labute approximate surface area is 99.1 Å². The van der Waals surface area contributed by atoms with Crippen LogP contribution >= 0.6 is 15.9 Å². The first-order valence-electron chi connectivity index (χ1n) is 4.64. The van der Waals surface area contributed by atoms with Gasteiger partial charge in [-0.05, 0) is 28.9 Å². The highest BCUT2D eigenvalue weighted by Gasteiger charge is 2.11. The highest BCUT2D eigenvalue weighted by Crippen LogP contribution is 2.20. The van der Waals surface area contributed by atoms with E-state index in [-0.39, 0.29) is 10.4 Å². The van der Waals surface area contributed by atoms with Gasteiger partial charge < -0.3 is 10.1 Å². The molecular weight excluding hydrogens is 276 g/mol. The van der Waals surface area contributed by atoms with E-state index in [2.05, 4.69) is 31.0 Å². The van der Waals surface area contributed by atoms with Crippen LogP contribution in [0.3, 0.4) is 0 Å². The monoisotopic (exact) mass is 284 g/mol. The van der Waals surface area contributed by atoms with Crippen LogP contribution in [0, 0.1) is 0 Å². The minimum absolute atomic E-state index is 0.0267. The number of aryl methyl sites for hydroxylation is 1. The third kappa shape index (κ3) is 1.73. The first kappa shape index (κ1) is 10.9. The molecule has 0 atom stereocenters. The summed E-state index contributed by atoms with van der Waals surface area (Å²) < 4.78 is 1.70. The highest BCUT2D eigenvalue weighted by atomic mass is 79.9. The summed E-state index contributed by atoms with van der Waals surface area (Å²) >= 11 is 2.93. The van der Waals surface area contributed by atoms with Gasteiger partial charge in [0.05, 0.1) is 0 Å². The van der Waals surface area contributed by atoms with E-state index in [0.29, 0.717) is 18.1 Å². The molecule has 0 aliphatic carbocycles. The number of hydrogen-bond acceptors (Lipinski definition) is 4.